The summed E-state index contributed by atoms with van der Waals surface area (Å²) in [5, 5.41) is 0. The van der Waals surface area contributed by atoms with E-state index in [1.54, 1.807) is 11.8 Å². The van der Waals surface area contributed by atoms with E-state index in [9.17, 15) is 4.79 Å². The first-order chi connectivity index (χ1) is 6.77. The first kappa shape index (κ1) is 11.9. The molecular formula is C10H20N2OS. The third kappa shape index (κ3) is 3.50. The van der Waals surface area contributed by atoms with Gasteiger partial charge in [-0.3, -0.25) is 4.79 Å². The largest absolute Gasteiger partial charge is 0.342 e. The van der Waals surface area contributed by atoms with E-state index in [0.717, 1.165) is 31.7 Å². The number of amides is 1. The number of nitrogens with two attached hydrogens (primary N) is 1. The lowest BCUT2D eigenvalue weighted by Gasteiger charge is -2.15. The molecular weight excluding hydrogens is 196 g/mol. The summed E-state index contributed by atoms with van der Waals surface area (Å²) >= 11 is 1.80. The molecule has 4 heteroatoms. The Morgan fingerprint density at radius 3 is 3.00 bits per heavy atom. The van der Waals surface area contributed by atoms with Gasteiger partial charge in [0.1, 0.15) is 0 Å². The molecule has 1 aliphatic heterocycles. The van der Waals surface area contributed by atoms with Crippen LogP contribution in [0.1, 0.15) is 19.3 Å². The molecule has 0 saturated carbocycles. The van der Waals surface area contributed by atoms with E-state index in [4.69, 9.17) is 5.73 Å². The van der Waals surface area contributed by atoms with Crippen LogP contribution in [0.4, 0.5) is 0 Å². The van der Waals surface area contributed by atoms with Gasteiger partial charge in [0.25, 0.3) is 0 Å². The van der Waals surface area contributed by atoms with E-state index in [1.165, 1.54) is 0 Å². The van der Waals surface area contributed by atoms with Gasteiger partial charge in [0.05, 0.1) is 0 Å². The lowest BCUT2D eigenvalue weighted by atomic mass is 10.1. The number of rotatable bonds is 5. The minimum absolute atomic E-state index is 0.315. The topological polar surface area (TPSA) is 46.3 Å². The average molecular weight is 216 g/mol. The van der Waals surface area contributed by atoms with Crippen LogP contribution in [0, 0.1) is 5.92 Å². The number of thioether (sulfide) groups is 1. The highest BCUT2D eigenvalue weighted by Crippen LogP contribution is 2.16. The molecule has 1 saturated heterocycles. The SMILES string of the molecule is CSCCCC(=O)N1CCC(CN)C1. The number of nitrogens with zero attached hydrogens (tertiary/aromatic N) is 1. The van der Waals surface area contributed by atoms with Crippen LogP contribution in [0.15, 0.2) is 0 Å². The molecule has 82 valence electrons. The maximum Gasteiger partial charge on any atom is 0.222 e. The molecule has 1 amide bonds. The summed E-state index contributed by atoms with van der Waals surface area (Å²) < 4.78 is 0. The molecule has 1 fully saturated rings. The zero-order valence-corrected chi connectivity index (χ0v) is 9.68. The van der Waals surface area contributed by atoms with Crippen LogP contribution in [-0.4, -0.2) is 42.4 Å². The maximum atomic E-state index is 11.7. The summed E-state index contributed by atoms with van der Waals surface area (Å²) in [6.45, 7) is 2.52. The van der Waals surface area contributed by atoms with Crippen molar-refractivity contribution < 1.29 is 4.79 Å². The van der Waals surface area contributed by atoms with E-state index >= 15 is 0 Å². The first-order valence-electron chi connectivity index (χ1n) is 5.24. The Labute approximate surface area is 90.4 Å². The average Bonchev–Trinajstić information content (AvgIpc) is 2.66. The van der Waals surface area contributed by atoms with Crippen LogP contribution in [0.25, 0.3) is 0 Å². The molecule has 14 heavy (non-hydrogen) atoms. The Morgan fingerprint density at radius 2 is 2.43 bits per heavy atom. The third-order valence-corrected chi connectivity index (χ3v) is 3.41. The fraction of sp³-hybridized carbons (Fsp3) is 0.900. The molecule has 0 aliphatic carbocycles. The minimum Gasteiger partial charge on any atom is -0.342 e. The van der Waals surface area contributed by atoms with Gasteiger partial charge in [0.15, 0.2) is 0 Å². The van der Waals surface area contributed by atoms with Gasteiger partial charge in [-0.05, 0) is 37.3 Å². The number of hydrogen-bond donors (Lipinski definition) is 1. The van der Waals surface area contributed by atoms with Crippen molar-refractivity contribution in [2.45, 2.75) is 19.3 Å². The molecule has 1 aliphatic rings. The standard InChI is InChI=1S/C10H20N2OS/c1-14-6-2-3-10(13)12-5-4-9(7-11)8-12/h9H,2-8,11H2,1H3. The van der Waals surface area contributed by atoms with E-state index in [0.29, 0.717) is 24.8 Å². The van der Waals surface area contributed by atoms with Crippen LogP contribution in [0.5, 0.6) is 0 Å². The Balaban J connectivity index is 2.18. The van der Waals surface area contributed by atoms with Crippen molar-refractivity contribution in [3.8, 4) is 0 Å². The van der Waals surface area contributed by atoms with Crippen molar-refractivity contribution in [3.05, 3.63) is 0 Å². The fourth-order valence-electron chi connectivity index (χ4n) is 1.78. The Bertz CT molecular complexity index is 187. The lowest BCUT2D eigenvalue weighted by molar-refractivity contribution is -0.130. The van der Waals surface area contributed by atoms with Crippen molar-refractivity contribution in [1.29, 1.82) is 0 Å². The molecule has 3 nitrogen and oxygen atoms in total. The summed E-state index contributed by atoms with van der Waals surface area (Å²) in [4.78, 5) is 13.6. The first-order valence-corrected chi connectivity index (χ1v) is 6.64. The molecule has 0 spiro atoms. The minimum atomic E-state index is 0.315. The van der Waals surface area contributed by atoms with Gasteiger partial charge in [-0.2, -0.15) is 11.8 Å². The van der Waals surface area contributed by atoms with E-state index in [1.807, 2.05) is 4.90 Å². The normalized spacial score (nSPS) is 21.6. The molecule has 1 heterocycles. The molecule has 0 aromatic carbocycles. The van der Waals surface area contributed by atoms with Crippen molar-refractivity contribution in [2.75, 3.05) is 31.6 Å². The maximum absolute atomic E-state index is 11.7. The quantitative estimate of drug-likeness (QED) is 0.696. The Kier molecular flexibility index (Phi) is 5.33. The second-order valence-corrected chi connectivity index (χ2v) is 4.81. The van der Waals surface area contributed by atoms with Crippen LogP contribution >= 0.6 is 11.8 Å². The molecule has 1 unspecified atom stereocenters. The van der Waals surface area contributed by atoms with Gasteiger partial charge in [0.2, 0.25) is 5.91 Å². The van der Waals surface area contributed by atoms with Crippen molar-refractivity contribution in [1.82, 2.24) is 4.90 Å². The number of carbonyl (C=O) groups is 1. The fourth-order valence-corrected chi connectivity index (χ4v) is 2.21. The van der Waals surface area contributed by atoms with E-state index < -0.39 is 0 Å². The van der Waals surface area contributed by atoms with Crippen molar-refractivity contribution >= 4 is 17.7 Å². The Hall–Kier alpha value is -0.220. The van der Waals surface area contributed by atoms with Crippen LogP contribution < -0.4 is 5.73 Å². The molecule has 1 rings (SSSR count). The molecule has 1 atom stereocenters. The number of hydrogen-bond acceptors (Lipinski definition) is 3. The zero-order chi connectivity index (χ0) is 10.4. The summed E-state index contributed by atoms with van der Waals surface area (Å²) in [6, 6.07) is 0. The molecule has 0 bridgehead atoms. The molecule has 0 aromatic rings. The molecule has 0 radical (unpaired) electrons. The highest BCUT2D eigenvalue weighted by molar-refractivity contribution is 7.98. The third-order valence-electron chi connectivity index (χ3n) is 2.71. The van der Waals surface area contributed by atoms with Crippen LogP contribution in [-0.2, 0) is 4.79 Å². The van der Waals surface area contributed by atoms with Crippen LogP contribution in [0.2, 0.25) is 0 Å². The van der Waals surface area contributed by atoms with Crippen molar-refractivity contribution in [3.63, 3.8) is 0 Å². The van der Waals surface area contributed by atoms with Gasteiger partial charge in [-0.15, -0.1) is 0 Å². The predicted octanol–water partition coefficient (Wildman–Crippen LogP) is 0.937. The van der Waals surface area contributed by atoms with Crippen LogP contribution in [0.3, 0.4) is 0 Å². The van der Waals surface area contributed by atoms with E-state index in [2.05, 4.69) is 6.26 Å². The monoisotopic (exact) mass is 216 g/mol. The summed E-state index contributed by atoms with van der Waals surface area (Å²) in [6.07, 6.45) is 4.87. The number of carbonyl (C=O) groups excluding carboxylic acids is 1. The zero-order valence-electron chi connectivity index (χ0n) is 8.87. The van der Waals surface area contributed by atoms with Gasteiger partial charge in [-0.25, -0.2) is 0 Å². The smallest absolute Gasteiger partial charge is 0.222 e. The highest BCUT2D eigenvalue weighted by atomic mass is 32.2. The lowest BCUT2D eigenvalue weighted by Crippen LogP contribution is -2.29. The predicted molar refractivity (Wildman–Crippen MR) is 61.4 cm³/mol. The Morgan fingerprint density at radius 1 is 1.64 bits per heavy atom. The van der Waals surface area contributed by atoms with E-state index in [-0.39, 0.29) is 0 Å². The molecule has 0 aromatic heterocycles. The summed E-state index contributed by atoms with van der Waals surface area (Å²) in [5.74, 6) is 1.94. The highest BCUT2D eigenvalue weighted by Gasteiger charge is 2.24. The van der Waals surface area contributed by atoms with Gasteiger partial charge >= 0.3 is 0 Å². The number of likely N-dealkylation sites (tertiary alicyclic amines) is 1. The van der Waals surface area contributed by atoms with Crippen molar-refractivity contribution in [2.24, 2.45) is 11.7 Å². The van der Waals surface area contributed by atoms with Gasteiger partial charge in [0, 0.05) is 19.5 Å². The second-order valence-electron chi connectivity index (χ2n) is 3.83. The molecule has 2 N–H and O–H groups in total. The van der Waals surface area contributed by atoms with Gasteiger partial charge in [-0.1, -0.05) is 0 Å². The van der Waals surface area contributed by atoms with Gasteiger partial charge < -0.3 is 10.6 Å². The summed E-state index contributed by atoms with van der Waals surface area (Å²) in [7, 11) is 0. The summed E-state index contributed by atoms with van der Waals surface area (Å²) in [5.41, 5.74) is 5.58. The second kappa shape index (κ2) is 6.30.